The monoisotopic (exact) mass is 283 g/mol. The fourth-order valence-electron chi connectivity index (χ4n) is 1.56. The fourth-order valence-corrected chi connectivity index (χ4v) is 2.02. The Labute approximate surface area is 115 Å². The minimum absolute atomic E-state index is 0.0563. The Balaban J connectivity index is 2.04. The number of benzene rings is 1. The molecule has 94 valence electrons. The summed E-state index contributed by atoms with van der Waals surface area (Å²) in [5, 5.41) is 0.920. The molecule has 1 aromatic heterocycles. The summed E-state index contributed by atoms with van der Waals surface area (Å²) in [4.78, 5) is 11.9. The number of hydrogen-bond acceptors (Lipinski definition) is 2. The van der Waals surface area contributed by atoms with Gasteiger partial charge in [0.05, 0.1) is 10.7 Å². The first-order chi connectivity index (χ1) is 8.58. The van der Waals surface area contributed by atoms with Gasteiger partial charge in [-0.05, 0) is 30.3 Å². The maximum Gasteiger partial charge on any atom is 0.216 e. The molecule has 3 nitrogen and oxygen atoms in total. The average molecular weight is 284 g/mol. The molecule has 0 fully saturated rings. The van der Waals surface area contributed by atoms with Crippen molar-refractivity contribution in [3.63, 3.8) is 0 Å². The Morgan fingerprint density at radius 3 is 2.72 bits per heavy atom. The van der Waals surface area contributed by atoms with E-state index in [4.69, 9.17) is 27.9 Å². The zero-order valence-electron chi connectivity index (χ0n) is 9.69. The Bertz CT molecular complexity index is 578. The second-order valence-corrected chi connectivity index (χ2v) is 4.63. The zero-order valence-corrected chi connectivity index (χ0v) is 11.2. The van der Waals surface area contributed by atoms with E-state index < -0.39 is 0 Å². The molecular formula is C13H11Cl2NO2. The van der Waals surface area contributed by atoms with Crippen LogP contribution in [0.4, 0.5) is 0 Å². The third-order valence-corrected chi connectivity index (χ3v) is 3.01. The molecule has 2 rings (SSSR count). The van der Waals surface area contributed by atoms with E-state index in [0.29, 0.717) is 21.5 Å². The minimum atomic E-state index is -0.103. The number of nitrogens with zero attached hydrogens (tertiary/aromatic N) is 1. The molecule has 18 heavy (non-hydrogen) atoms. The van der Waals surface area contributed by atoms with Gasteiger partial charge in [0.15, 0.2) is 6.61 Å². The molecule has 0 atom stereocenters. The third kappa shape index (κ3) is 2.86. The highest BCUT2D eigenvalue weighted by molar-refractivity contribution is 6.35. The minimum Gasteiger partial charge on any atom is -0.484 e. The number of carbonyl (C=O) groups excluding carboxylic acids is 1. The third-order valence-electron chi connectivity index (χ3n) is 2.48. The van der Waals surface area contributed by atoms with Crippen molar-refractivity contribution in [2.24, 2.45) is 7.05 Å². The van der Waals surface area contributed by atoms with Crippen LogP contribution in [0.25, 0.3) is 0 Å². The maximum atomic E-state index is 11.9. The first kappa shape index (κ1) is 13.0. The fraction of sp³-hybridized carbons (Fsp3) is 0.154. The summed E-state index contributed by atoms with van der Waals surface area (Å²) < 4.78 is 7.12. The topological polar surface area (TPSA) is 31.2 Å². The van der Waals surface area contributed by atoms with Gasteiger partial charge in [-0.2, -0.15) is 0 Å². The highest BCUT2D eigenvalue weighted by Gasteiger charge is 2.11. The van der Waals surface area contributed by atoms with Gasteiger partial charge in [-0.1, -0.05) is 23.2 Å². The van der Waals surface area contributed by atoms with E-state index in [1.807, 2.05) is 19.3 Å². The van der Waals surface area contributed by atoms with E-state index >= 15 is 0 Å². The molecule has 0 spiro atoms. The van der Waals surface area contributed by atoms with Crippen LogP contribution < -0.4 is 4.74 Å². The van der Waals surface area contributed by atoms with E-state index in [2.05, 4.69) is 0 Å². The Kier molecular flexibility index (Phi) is 3.94. The van der Waals surface area contributed by atoms with Crippen LogP contribution in [0.15, 0.2) is 36.5 Å². The first-order valence-electron chi connectivity index (χ1n) is 5.30. The summed E-state index contributed by atoms with van der Waals surface area (Å²) in [7, 11) is 1.81. The highest BCUT2D eigenvalue weighted by Crippen LogP contribution is 2.27. The van der Waals surface area contributed by atoms with Gasteiger partial charge in [-0.3, -0.25) is 4.79 Å². The lowest BCUT2D eigenvalue weighted by Crippen LogP contribution is -2.14. The molecule has 0 aliphatic heterocycles. The summed E-state index contributed by atoms with van der Waals surface area (Å²) in [6.45, 7) is -0.0563. The molecule has 0 saturated heterocycles. The molecular weight excluding hydrogens is 273 g/mol. The number of aromatic nitrogens is 1. The lowest BCUT2D eigenvalue weighted by atomic mass is 10.3. The van der Waals surface area contributed by atoms with E-state index in [1.165, 1.54) is 0 Å². The van der Waals surface area contributed by atoms with Crippen molar-refractivity contribution in [1.82, 2.24) is 4.57 Å². The molecule has 0 radical (unpaired) electrons. The molecule has 0 aliphatic rings. The predicted octanol–water partition coefficient (Wildman–Crippen LogP) is 3.59. The largest absolute Gasteiger partial charge is 0.484 e. The van der Waals surface area contributed by atoms with Crippen LogP contribution in [0.5, 0.6) is 5.75 Å². The van der Waals surface area contributed by atoms with E-state index in [1.54, 1.807) is 28.8 Å². The second-order valence-electron chi connectivity index (χ2n) is 3.79. The Morgan fingerprint density at radius 1 is 1.33 bits per heavy atom. The molecule has 1 heterocycles. The molecule has 0 saturated carbocycles. The Morgan fingerprint density at radius 2 is 2.11 bits per heavy atom. The van der Waals surface area contributed by atoms with E-state index in [-0.39, 0.29) is 12.4 Å². The average Bonchev–Trinajstić information content (AvgIpc) is 2.74. The number of aryl methyl sites for hydroxylation is 1. The van der Waals surface area contributed by atoms with Crippen molar-refractivity contribution in [2.45, 2.75) is 0 Å². The van der Waals surface area contributed by atoms with Crippen molar-refractivity contribution in [2.75, 3.05) is 6.61 Å². The van der Waals surface area contributed by atoms with E-state index in [0.717, 1.165) is 0 Å². The van der Waals surface area contributed by atoms with Crippen molar-refractivity contribution in [3.05, 3.63) is 52.3 Å². The van der Waals surface area contributed by atoms with Crippen molar-refractivity contribution < 1.29 is 9.53 Å². The molecule has 5 heteroatoms. The first-order valence-corrected chi connectivity index (χ1v) is 6.06. The number of hydrogen-bond donors (Lipinski definition) is 0. The SMILES string of the molecule is Cn1cccc1C(=O)COc1ccc(Cl)cc1Cl. The van der Waals surface area contributed by atoms with Gasteiger partial charge < -0.3 is 9.30 Å². The summed E-state index contributed by atoms with van der Waals surface area (Å²) >= 11 is 11.7. The van der Waals surface area contributed by atoms with Crippen molar-refractivity contribution in [3.8, 4) is 5.75 Å². The number of halogens is 2. The highest BCUT2D eigenvalue weighted by atomic mass is 35.5. The van der Waals surface area contributed by atoms with Gasteiger partial charge in [0.25, 0.3) is 0 Å². The summed E-state index contributed by atoms with van der Waals surface area (Å²) in [5.74, 6) is 0.345. The lowest BCUT2D eigenvalue weighted by molar-refractivity contribution is 0.0913. The van der Waals surface area contributed by atoms with Gasteiger partial charge in [-0.25, -0.2) is 0 Å². The van der Waals surface area contributed by atoms with E-state index in [9.17, 15) is 4.79 Å². The number of ether oxygens (including phenoxy) is 1. The van der Waals surface area contributed by atoms with Crippen LogP contribution in [0.3, 0.4) is 0 Å². The quantitative estimate of drug-likeness (QED) is 0.803. The van der Waals surface area contributed by atoms with Crippen LogP contribution in [0.1, 0.15) is 10.5 Å². The van der Waals surface area contributed by atoms with Crippen LogP contribution in [-0.4, -0.2) is 17.0 Å². The smallest absolute Gasteiger partial charge is 0.216 e. The van der Waals surface area contributed by atoms with Crippen LogP contribution in [-0.2, 0) is 7.05 Å². The Hall–Kier alpha value is -1.45. The predicted molar refractivity (Wildman–Crippen MR) is 71.7 cm³/mol. The molecule has 0 amide bonds. The normalized spacial score (nSPS) is 10.4. The molecule has 0 bridgehead atoms. The van der Waals surface area contributed by atoms with Gasteiger partial charge in [-0.15, -0.1) is 0 Å². The number of carbonyl (C=O) groups is 1. The zero-order chi connectivity index (χ0) is 13.1. The van der Waals surface area contributed by atoms with Crippen molar-refractivity contribution >= 4 is 29.0 Å². The number of ketones is 1. The van der Waals surface area contributed by atoms with Crippen LogP contribution in [0.2, 0.25) is 10.0 Å². The van der Waals surface area contributed by atoms with Gasteiger partial charge >= 0.3 is 0 Å². The van der Waals surface area contributed by atoms with Gasteiger partial charge in [0, 0.05) is 18.3 Å². The van der Waals surface area contributed by atoms with Crippen LogP contribution in [0, 0.1) is 0 Å². The van der Waals surface area contributed by atoms with Gasteiger partial charge in [0.2, 0.25) is 5.78 Å². The second kappa shape index (κ2) is 5.46. The number of Topliss-reactive ketones (excluding diaryl/α,β-unsaturated/α-hetero) is 1. The van der Waals surface area contributed by atoms with Gasteiger partial charge in [0.1, 0.15) is 5.75 Å². The van der Waals surface area contributed by atoms with Crippen LogP contribution >= 0.6 is 23.2 Å². The molecule has 0 unspecified atom stereocenters. The number of rotatable bonds is 4. The molecule has 1 aromatic carbocycles. The molecule has 0 N–H and O–H groups in total. The maximum absolute atomic E-state index is 11.9. The van der Waals surface area contributed by atoms with Crippen molar-refractivity contribution in [1.29, 1.82) is 0 Å². The summed E-state index contributed by atoms with van der Waals surface area (Å²) in [5.41, 5.74) is 0.597. The summed E-state index contributed by atoms with van der Waals surface area (Å²) in [6.07, 6.45) is 1.81. The summed E-state index contributed by atoms with van der Waals surface area (Å²) in [6, 6.07) is 8.43. The standard InChI is InChI=1S/C13H11Cl2NO2/c1-16-6-2-3-11(16)12(17)8-18-13-5-4-9(14)7-10(13)15/h2-7H,8H2,1H3. The lowest BCUT2D eigenvalue weighted by Gasteiger charge is -2.08. The molecule has 0 aliphatic carbocycles. The molecule has 2 aromatic rings.